The lowest BCUT2D eigenvalue weighted by molar-refractivity contribution is 0.0600. The molecule has 136 valence electrons. The van der Waals surface area contributed by atoms with Gasteiger partial charge in [0.15, 0.2) is 0 Å². The highest BCUT2D eigenvalue weighted by Crippen LogP contribution is 2.27. The Balaban J connectivity index is 0.000000333. The van der Waals surface area contributed by atoms with E-state index in [1.54, 1.807) is 32.9 Å². The van der Waals surface area contributed by atoms with Crippen LogP contribution in [0.25, 0.3) is 0 Å². The fourth-order valence-electron chi connectivity index (χ4n) is 1.69. The molecule has 0 atom stereocenters. The fourth-order valence-corrected chi connectivity index (χ4v) is 1.86. The van der Waals surface area contributed by atoms with Crippen molar-refractivity contribution in [2.24, 2.45) is 5.73 Å². The summed E-state index contributed by atoms with van der Waals surface area (Å²) in [6, 6.07) is 9.54. The van der Waals surface area contributed by atoms with E-state index in [1.165, 1.54) is 18.2 Å². The number of rotatable bonds is 2. The van der Waals surface area contributed by atoms with Crippen molar-refractivity contribution in [3.63, 3.8) is 0 Å². The van der Waals surface area contributed by atoms with E-state index in [2.05, 4.69) is 4.74 Å². The van der Waals surface area contributed by atoms with Gasteiger partial charge in [0.05, 0.1) is 5.02 Å². The smallest absolute Gasteiger partial charge is 0.405 e. The minimum atomic E-state index is -0.725. The average molecular weight is 369 g/mol. The summed E-state index contributed by atoms with van der Waals surface area (Å²) in [6.45, 7) is 7.17. The molecule has 0 unspecified atom stereocenters. The number of benzene rings is 2. The maximum Gasteiger partial charge on any atom is 0.405 e. The molecule has 0 heterocycles. The Morgan fingerprint density at radius 3 is 2.12 bits per heavy atom. The number of halogens is 2. The van der Waals surface area contributed by atoms with E-state index >= 15 is 0 Å². The molecule has 5 nitrogen and oxygen atoms in total. The molecule has 0 aliphatic carbocycles. The number of nitrogens with two attached hydrogens (primary N) is 2. The molecule has 0 radical (unpaired) electrons. The minimum absolute atomic E-state index is 0.0367. The first-order valence-electron chi connectivity index (χ1n) is 7.45. The third kappa shape index (κ3) is 7.76. The van der Waals surface area contributed by atoms with E-state index in [0.29, 0.717) is 17.2 Å². The van der Waals surface area contributed by atoms with Gasteiger partial charge in [-0.15, -0.1) is 0 Å². The Hall–Kier alpha value is -2.47. The Kier molecular flexibility index (Phi) is 7.06. The van der Waals surface area contributed by atoms with Crippen LogP contribution < -0.4 is 16.2 Å². The van der Waals surface area contributed by atoms with Crippen molar-refractivity contribution in [3.05, 3.63) is 52.8 Å². The standard InChI is InChI=1S/C13H11ClFNO.C5H11NO2/c1-8-6-9(3-5-13(8)16)17-10-2-4-12(15)11(14)7-10;1-5(2,3)8-4(6)7/h2-7H,16H2,1H3;1-3H3,(H2,6,7). The molecule has 0 aromatic heterocycles. The first-order valence-corrected chi connectivity index (χ1v) is 7.83. The van der Waals surface area contributed by atoms with Crippen molar-refractivity contribution >= 4 is 23.4 Å². The van der Waals surface area contributed by atoms with Gasteiger partial charge in [0.1, 0.15) is 22.9 Å². The van der Waals surface area contributed by atoms with Gasteiger partial charge in [-0.1, -0.05) is 11.6 Å². The molecular formula is C18H22ClFN2O3. The predicted octanol–water partition coefficient (Wildman–Crippen LogP) is 5.04. The summed E-state index contributed by atoms with van der Waals surface area (Å²) in [4.78, 5) is 10.0. The zero-order chi connectivity index (χ0) is 19.2. The van der Waals surface area contributed by atoms with E-state index in [9.17, 15) is 9.18 Å². The summed E-state index contributed by atoms with van der Waals surface area (Å²) in [5.41, 5.74) is 11.6. The molecule has 2 aromatic rings. The van der Waals surface area contributed by atoms with Crippen LogP contribution in [0.5, 0.6) is 11.5 Å². The maximum atomic E-state index is 13.0. The molecule has 0 aliphatic heterocycles. The highest BCUT2D eigenvalue weighted by molar-refractivity contribution is 6.30. The second kappa shape index (κ2) is 8.58. The summed E-state index contributed by atoms with van der Waals surface area (Å²) in [5.74, 6) is 0.660. The van der Waals surface area contributed by atoms with Crippen LogP contribution in [0.4, 0.5) is 14.9 Å². The number of carbonyl (C=O) groups is 1. The fraction of sp³-hybridized carbons (Fsp3) is 0.278. The van der Waals surface area contributed by atoms with Crippen LogP contribution in [-0.4, -0.2) is 11.7 Å². The molecule has 0 spiro atoms. The normalized spacial score (nSPS) is 10.5. The topological polar surface area (TPSA) is 87.6 Å². The molecule has 0 fully saturated rings. The number of amides is 1. The van der Waals surface area contributed by atoms with Crippen molar-refractivity contribution in [1.29, 1.82) is 0 Å². The number of hydrogen-bond donors (Lipinski definition) is 2. The number of anilines is 1. The average Bonchev–Trinajstić information content (AvgIpc) is 2.45. The minimum Gasteiger partial charge on any atom is -0.457 e. The second-order valence-electron chi connectivity index (χ2n) is 6.23. The van der Waals surface area contributed by atoms with E-state index in [-0.39, 0.29) is 5.02 Å². The molecule has 7 heteroatoms. The molecule has 0 bridgehead atoms. The van der Waals surface area contributed by atoms with Gasteiger partial charge in [0.2, 0.25) is 0 Å². The Labute approximate surface area is 151 Å². The lowest BCUT2D eigenvalue weighted by Gasteiger charge is -2.16. The highest BCUT2D eigenvalue weighted by atomic mass is 35.5. The van der Waals surface area contributed by atoms with Gasteiger partial charge in [-0.25, -0.2) is 9.18 Å². The zero-order valence-electron chi connectivity index (χ0n) is 14.6. The second-order valence-corrected chi connectivity index (χ2v) is 6.64. The van der Waals surface area contributed by atoms with Gasteiger partial charge >= 0.3 is 6.09 Å². The van der Waals surface area contributed by atoms with E-state index in [4.69, 9.17) is 27.8 Å². The van der Waals surface area contributed by atoms with E-state index < -0.39 is 17.5 Å². The van der Waals surface area contributed by atoms with Crippen molar-refractivity contribution in [1.82, 2.24) is 0 Å². The number of hydrogen-bond acceptors (Lipinski definition) is 4. The quantitative estimate of drug-likeness (QED) is 0.726. The van der Waals surface area contributed by atoms with Crippen LogP contribution in [0.2, 0.25) is 5.02 Å². The number of nitrogen functional groups attached to an aromatic ring is 1. The van der Waals surface area contributed by atoms with Crippen LogP contribution in [0.1, 0.15) is 26.3 Å². The molecule has 25 heavy (non-hydrogen) atoms. The molecule has 0 aliphatic rings. The molecule has 2 rings (SSSR count). The Bertz CT molecular complexity index is 696. The molecule has 4 N–H and O–H groups in total. The number of primary amides is 1. The number of ether oxygens (including phenoxy) is 2. The van der Waals surface area contributed by atoms with Crippen molar-refractivity contribution in [2.75, 3.05) is 5.73 Å². The molecule has 0 saturated carbocycles. The summed E-state index contributed by atoms with van der Waals surface area (Å²) in [5, 5.41) is 0.0367. The van der Waals surface area contributed by atoms with Gasteiger partial charge in [0, 0.05) is 11.8 Å². The Morgan fingerprint density at radius 2 is 1.68 bits per heavy atom. The zero-order valence-corrected chi connectivity index (χ0v) is 15.4. The number of carbonyl (C=O) groups excluding carboxylic acids is 1. The van der Waals surface area contributed by atoms with Gasteiger partial charge in [-0.05, 0) is 63.6 Å². The highest BCUT2D eigenvalue weighted by Gasteiger charge is 2.12. The van der Waals surface area contributed by atoms with Crippen LogP contribution >= 0.6 is 11.6 Å². The van der Waals surface area contributed by atoms with Crippen molar-refractivity contribution in [2.45, 2.75) is 33.3 Å². The third-order valence-corrected chi connectivity index (χ3v) is 3.06. The summed E-state index contributed by atoms with van der Waals surface area (Å²) in [7, 11) is 0. The van der Waals surface area contributed by atoms with Gasteiger partial charge in [-0.2, -0.15) is 0 Å². The maximum absolute atomic E-state index is 13.0. The van der Waals surface area contributed by atoms with E-state index in [1.807, 2.05) is 13.0 Å². The monoisotopic (exact) mass is 368 g/mol. The summed E-state index contributed by atoms with van der Waals surface area (Å²) in [6.07, 6.45) is -0.725. The first kappa shape index (κ1) is 20.6. The van der Waals surface area contributed by atoms with Crippen molar-refractivity contribution in [3.8, 4) is 11.5 Å². The molecule has 0 saturated heterocycles. The van der Waals surface area contributed by atoms with Crippen molar-refractivity contribution < 1.29 is 18.7 Å². The van der Waals surface area contributed by atoms with Crippen LogP contribution in [-0.2, 0) is 4.74 Å². The van der Waals surface area contributed by atoms with Gasteiger partial charge in [0.25, 0.3) is 0 Å². The van der Waals surface area contributed by atoms with Crippen LogP contribution in [0.15, 0.2) is 36.4 Å². The SMILES string of the molecule is CC(C)(C)OC(N)=O.Cc1cc(Oc2ccc(F)c(Cl)c2)ccc1N. The van der Waals surface area contributed by atoms with Crippen LogP contribution in [0.3, 0.4) is 0 Å². The predicted molar refractivity (Wildman–Crippen MR) is 97.5 cm³/mol. The summed E-state index contributed by atoms with van der Waals surface area (Å²) >= 11 is 5.66. The lowest BCUT2D eigenvalue weighted by Crippen LogP contribution is -2.27. The molecular weight excluding hydrogens is 347 g/mol. The molecule has 2 aromatic carbocycles. The summed E-state index contributed by atoms with van der Waals surface area (Å²) < 4.78 is 23.1. The van der Waals surface area contributed by atoms with E-state index in [0.717, 1.165) is 5.56 Å². The lowest BCUT2D eigenvalue weighted by atomic mass is 10.2. The van der Waals surface area contributed by atoms with Gasteiger partial charge < -0.3 is 20.9 Å². The van der Waals surface area contributed by atoms with Gasteiger partial charge in [-0.3, -0.25) is 0 Å². The Morgan fingerprint density at radius 1 is 1.12 bits per heavy atom. The third-order valence-electron chi connectivity index (χ3n) is 2.77. The largest absolute Gasteiger partial charge is 0.457 e. The number of aryl methyl sites for hydroxylation is 1. The molecule has 1 amide bonds. The van der Waals surface area contributed by atoms with Crippen LogP contribution in [0, 0.1) is 12.7 Å². The first-order chi connectivity index (χ1) is 11.5.